The van der Waals surface area contributed by atoms with Crippen LogP contribution in [0.5, 0.6) is 0 Å². The van der Waals surface area contributed by atoms with Gasteiger partial charge in [0.25, 0.3) is 0 Å². The molecule has 0 bridgehead atoms. The van der Waals surface area contributed by atoms with Crippen LogP contribution in [0.2, 0.25) is 0 Å². The van der Waals surface area contributed by atoms with Crippen LogP contribution < -0.4 is 10.6 Å². The standard InChI is InChI=1S/C14H18BrF3N2/c1-13(4-6-19-7-5-13)9-20-12-3-2-10(8-11(12)15)14(16,17)18/h2-3,8,19-20H,4-7,9H2,1H3. The third kappa shape index (κ3) is 3.88. The molecule has 0 atom stereocenters. The minimum absolute atomic E-state index is 0.188. The molecule has 2 N–H and O–H groups in total. The summed E-state index contributed by atoms with van der Waals surface area (Å²) in [6.07, 6.45) is -2.17. The van der Waals surface area contributed by atoms with E-state index < -0.39 is 11.7 Å². The predicted molar refractivity (Wildman–Crippen MR) is 77.8 cm³/mol. The van der Waals surface area contributed by atoms with Gasteiger partial charge in [0.05, 0.1) is 5.56 Å². The molecule has 1 fully saturated rings. The van der Waals surface area contributed by atoms with E-state index in [-0.39, 0.29) is 5.41 Å². The van der Waals surface area contributed by atoms with Crippen molar-refractivity contribution in [2.45, 2.75) is 25.9 Å². The van der Waals surface area contributed by atoms with E-state index >= 15 is 0 Å². The number of benzene rings is 1. The van der Waals surface area contributed by atoms with Gasteiger partial charge >= 0.3 is 6.18 Å². The molecule has 1 aromatic rings. The molecule has 2 rings (SSSR count). The van der Waals surface area contributed by atoms with E-state index in [4.69, 9.17) is 0 Å². The average molecular weight is 351 g/mol. The van der Waals surface area contributed by atoms with Crippen molar-refractivity contribution in [2.75, 3.05) is 25.0 Å². The average Bonchev–Trinajstić information content (AvgIpc) is 2.37. The topological polar surface area (TPSA) is 24.1 Å². The summed E-state index contributed by atoms with van der Waals surface area (Å²) in [6, 6.07) is 3.71. The Morgan fingerprint density at radius 3 is 2.50 bits per heavy atom. The van der Waals surface area contributed by atoms with Gasteiger partial charge in [0.15, 0.2) is 0 Å². The zero-order valence-electron chi connectivity index (χ0n) is 11.3. The van der Waals surface area contributed by atoms with Gasteiger partial charge in [-0.05, 0) is 65.5 Å². The lowest BCUT2D eigenvalue weighted by Crippen LogP contribution is -2.39. The number of piperidine rings is 1. The van der Waals surface area contributed by atoms with Gasteiger partial charge in [-0.25, -0.2) is 0 Å². The molecule has 0 aromatic heterocycles. The Kier molecular flexibility index (Phi) is 4.64. The van der Waals surface area contributed by atoms with Gasteiger partial charge in [-0.2, -0.15) is 13.2 Å². The Morgan fingerprint density at radius 1 is 1.30 bits per heavy atom. The third-order valence-corrected chi connectivity index (χ3v) is 4.47. The summed E-state index contributed by atoms with van der Waals surface area (Å²) in [4.78, 5) is 0. The lowest BCUT2D eigenvalue weighted by molar-refractivity contribution is -0.137. The van der Waals surface area contributed by atoms with Gasteiger partial charge in [-0.15, -0.1) is 0 Å². The number of hydrogen-bond donors (Lipinski definition) is 2. The van der Waals surface area contributed by atoms with Crippen molar-refractivity contribution in [3.05, 3.63) is 28.2 Å². The maximum atomic E-state index is 12.6. The highest BCUT2D eigenvalue weighted by atomic mass is 79.9. The highest BCUT2D eigenvalue weighted by Gasteiger charge is 2.31. The van der Waals surface area contributed by atoms with Crippen molar-refractivity contribution in [1.82, 2.24) is 5.32 Å². The van der Waals surface area contributed by atoms with E-state index in [9.17, 15) is 13.2 Å². The summed E-state index contributed by atoms with van der Waals surface area (Å²) in [5, 5.41) is 6.57. The molecule has 1 heterocycles. The first-order chi connectivity index (χ1) is 9.30. The second-order valence-corrected chi connectivity index (χ2v) is 6.46. The zero-order valence-corrected chi connectivity index (χ0v) is 12.9. The molecule has 0 unspecified atom stereocenters. The molecule has 6 heteroatoms. The maximum absolute atomic E-state index is 12.6. The van der Waals surface area contributed by atoms with Gasteiger partial charge in [-0.3, -0.25) is 0 Å². The second-order valence-electron chi connectivity index (χ2n) is 5.61. The van der Waals surface area contributed by atoms with Crippen LogP contribution in [0.3, 0.4) is 0 Å². The molecule has 1 aliphatic rings. The number of anilines is 1. The van der Waals surface area contributed by atoms with E-state index in [0.717, 1.165) is 44.6 Å². The monoisotopic (exact) mass is 350 g/mol. The highest BCUT2D eigenvalue weighted by Crippen LogP contribution is 2.35. The SMILES string of the molecule is CC1(CNc2ccc(C(F)(F)F)cc2Br)CCNCC1. The first-order valence-electron chi connectivity index (χ1n) is 6.62. The fourth-order valence-corrected chi connectivity index (χ4v) is 2.87. The third-order valence-electron chi connectivity index (χ3n) is 3.81. The Balaban J connectivity index is 2.03. The summed E-state index contributed by atoms with van der Waals surface area (Å²) in [5.41, 5.74) is 0.258. The normalized spacial score (nSPS) is 18.9. The van der Waals surface area contributed by atoms with Gasteiger partial charge in [0, 0.05) is 16.7 Å². The van der Waals surface area contributed by atoms with E-state index in [1.165, 1.54) is 6.07 Å². The van der Waals surface area contributed by atoms with Crippen molar-refractivity contribution in [1.29, 1.82) is 0 Å². The van der Waals surface area contributed by atoms with Crippen LogP contribution in [0.4, 0.5) is 18.9 Å². The molecule has 0 aliphatic carbocycles. The molecule has 112 valence electrons. The van der Waals surface area contributed by atoms with Crippen LogP contribution in [-0.2, 0) is 6.18 Å². The lowest BCUT2D eigenvalue weighted by atomic mass is 9.81. The van der Waals surface area contributed by atoms with E-state index in [1.54, 1.807) is 0 Å². The summed E-state index contributed by atoms with van der Waals surface area (Å²) in [6.45, 7) is 4.95. The zero-order chi connectivity index (χ0) is 14.8. The van der Waals surface area contributed by atoms with Crippen molar-refractivity contribution in [3.8, 4) is 0 Å². The number of halogens is 4. The molecule has 2 nitrogen and oxygen atoms in total. The van der Waals surface area contributed by atoms with Gasteiger partial charge < -0.3 is 10.6 Å². The first kappa shape index (κ1) is 15.6. The summed E-state index contributed by atoms with van der Waals surface area (Å²) >= 11 is 3.21. The van der Waals surface area contributed by atoms with Gasteiger partial charge in [0.1, 0.15) is 0 Å². The van der Waals surface area contributed by atoms with E-state index in [0.29, 0.717) is 10.2 Å². The summed E-state index contributed by atoms with van der Waals surface area (Å²) < 4.78 is 38.2. The highest BCUT2D eigenvalue weighted by molar-refractivity contribution is 9.10. The number of nitrogens with one attached hydrogen (secondary N) is 2. The minimum atomic E-state index is -4.30. The van der Waals surface area contributed by atoms with Crippen LogP contribution in [0.15, 0.2) is 22.7 Å². The Morgan fingerprint density at radius 2 is 1.95 bits per heavy atom. The lowest BCUT2D eigenvalue weighted by Gasteiger charge is -2.34. The van der Waals surface area contributed by atoms with Crippen LogP contribution in [-0.4, -0.2) is 19.6 Å². The van der Waals surface area contributed by atoms with Crippen molar-refractivity contribution < 1.29 is 13.2 Å². The van der Waals surface area contributed by atoms with Crippen LogP contribution in [0.1, 0.15) is 25.3 Å². The Bertz CT molecular complexity index is 468. The van der Waals surface area contributed by atoms with Crippen LogP contribution in [0.25, 0.3) is 0 Å². The molecule has 1 aromatic carbocycles. The fraction of sp³-hybridized carbons (Fsp3) is 0.571. The molecule has 0 radical (unpaired) electrons. The van der Waals surface area contributed by atoms with E-state index in [1.807, 2.05) is 0 Å². The largest absolute Gasteiger partial charge is 0.416 e. The van der Waals surface area contributed by atoms with E-state index in [2.05, 4.69) is 33.5 Å². The predicted octanol–water partition coefficient (Wildman–Crippen LogP) is 4.27. The first-order valence-corrected chi connectivity index (χ1v) is 7.41. The molecular weight excluding hydrogens is 333 g/mol. The van der Waals surface area contributed by atoms with Gasteiger partial charge in [0.2, 0.25) is 0 Å². The minimum Gasteiger partial charge on any atom is -0.384 e. The smallest absolute Gasteiger partial charge is 0.384 e. The van der Waals surface area contributed by atoms with Crippen molar-refractivity contribution in [3.63, 3.8) is 0 Å². The molecular formula is C14H18BrF3N2. The molecule has 0 spiro atoms. The molecule has 0 saturated carbocycles. The van der Waals surface area contributed by atoms with Crippen molar-refractivity contribution >= 4 is 21.6 Å². The molecule has 0 amide bonds. The second kappa shape index (κ2) is 5.93. The Labute approximate surface area is 125 Å². The summed E-state index contributed by atoms with van der Waals surface area (Å²) in [7, 11) is 0. The Hall–Kier alpha value is -0.750. The van der Waals surface area contributed by atoms with Crippen LogP contribution in [0, 0.1) is 5.41 Å². The number of hydrogen-bond acceptors (Lipinski definition) is 2. The molecule has 1 aliphatic heterocycles. The summed E-state index contributed by atoms with van der Waals surface area (Å²) in [5.74, 6) is 0. The number of alkyl halides is 3. The quantitative estimate of drug-likeness (QED) is 0.850. The van der Waals surface area contributed by atoms with Crippen molar-refractivity contribution in [2.24, 2.45) is 5.41 Å². The van der Waals surface area contributed by atoms with Crippen LogP contribution >= 0.6 is 15.9 Å². The maximum Gasteiger partial charge on any atom is 0.416 e. The van der Waals surface area contributed by atoms with Gasteiger partial charge in [-0.1, -0.05) is 6.92 Å². The number of rotatable bonds is 3. The molecule has 1 saturated heterocycles. The fourth-order valence-electron chi connectivity index (χ4n) is 2.35. The molecule has 20 heavy (non-hydrogen) atoms.